The molecule has 80 valence electrons. The molecule has 1 rings (SSSR count). The Morgan fingerprint density at radius 3 is 2.53 bits per heavy atom. The minimum atomic E-state index is -0.871. The molecule has 0 heterocycles. The number of phenolic OH excluding ortho intramolecular Hbond substituents is 1. The van der Waals surface area contributed by atoms with Gasteiger partial charge in [0.2, 0.25) is 0 Å². The number of phenols is 1. The van der Waals surface area contributed by atoms with Crippen LogP contribution in [0, 0.1) is 0 Å². The summed E-state index contributed by atoms with van der Waals surface area (Å²) in [5.74, 6) is -0.640. The number of hydrazine groups is 1. The molecule has 0 fully saturated rings. The fourth-order valence-electron chi connectivity index (χ4n) is 0.844. The van der Waals surface area contributed by atoms with E-state index in [1.54, 1.807) is 0 Å². The van der Waals surface area contributed by atoms with Crippen LogP contribution in [-0.4, -0.2) is 17.0 Å². The third-order valence-corrected chi connectivity index (χ3v) is 2.18. The van der Waals surface area contributed by atoms with Crippen molar-refractivity contribution in [3.63, 3.8) is 0 Å². The van der Waals surface area contributed by atoms with E-state index in [2.05, 4.69) is 21.4 Å². The van der Waals surface area contributed by atoms with Crippen LogP contribution in [0.3, 0.4) is 0 Å². The quantitative estimate of drug-likeness (QED) is 0.559. The van der Waals surface area contributed by atoms with Gasteiger partial charge in [-0.05, 0) is 34.1 Å². The SMILES string of the molecule is NC(=O)NNC(=O)c1ccc(Br)c(O)c1. The van der Waals surface area contributed by atoms with Gasteiger partial charge in [-0.1, -0.05) is 0 Å². The highest BCUT2D eigenvalue weighted by Gasteiger charge is 2.07. The zero-order valence-corrected chi connectivity index (χ0v) is 9.04. The van der Waals surface area contributed by atoms with Crippen molar-refractivity contribution in [2.45, 2.75) is 0 Å². The zero-order chi connectivity index (χ0) is 11.4. The van der Waals surface area contributed by atoms with Crippen LogP contribution >= 0.6 is 15.9 Å². The summed E-state index contributed by atoms with van der Waals surface area (Å²) in [6.45, 7) is 0. The van der Waals surface area contributed by atoms with Crippen LogP contribution < -0.4 is 16.6 Å². The van der Waals surface area contributed by atoms with E-state index in [-0.39, 0.29) is 11.3 Å². The fraction of sp³-hybridized carbons (Fsp3) is 0. The summed E-state index contributed by atoms with van der Waals surface area (Å²) >= 11 is 3.07. The van der Waals surface area contributed by atoms with Gasteiger partial charge in [0.05, 0.1) is 4.47 Å². The lowest BCUT2D eigenvalue weighted by molar-refractivity contribution is 0.0937. The van der Waals surface area contributed by atoms with Gasteiger partial charge in [0.15, 0.2) is 0 Å². The van der Waals surface area contributed by atoms with Crippen molar-refractivity contribution in [2.75, 3.05) is 0 Å². The number of carbonyl (C=O) groups is 2. The molecule has 1 aromatic rings. The zero-order valence-electron chi connectivity index (χ0n) is 7.45. The molecule has 0 unspecified atom stereocenters. The van der Waals surface area contributed by atoms with Gasteiger partial charge >= 0.3 is 6.03 Å². The number of benzene rings is 1. The first kappa shape index (κ1) is 11.3. The molecule has 0 aliphatic carbocycles. The van der Waals surface area contributed by atoms with Crippen LogP contribution in [0.25, 0.3) is 0 Å². The van der Waals surface area contributed by atoms with E-state index in [9.17, 15) is 14.7 Å². The normalized spacial score (nSPS) is 9.40. The van der Waals surface area contributed by atoms with Crippen LogP contribution in [-0.2, 0) is 0 Å². The second-order valence-electron chi connectivity index (χ2n) is 2.61. The van der Waals surface area contributed by atoms with Crippen LogP contribution in [0.4, 0.5) is 4.79 Å². The molecule has 0 aliphatic rings. The van der Waals surface area contributed by atoms with Crippen molar-refractivity contribution < 1.29 is 14.7 Å². The lowest BCUT2D eigenvalue weighted by Gasteiger charge is -2.05. The second kappa shape index (κ2) is 4.65. The third-order valence-electron chi connectivity index (χ3n) is 1.51. The molecular formula is C8H8BrN3O3. The van der Waals surface area contributed by atoms with Crippen molar-refractivity contribution in [3.8, 4) is 5.75 Å². The average Bonchev–Trinajstić information content (AvgIpc) is 2.18. The van der Waals surface area contributed by atoms with E-state index in [4.69, 9.17) is 5.73 Å². The van der Waals surface area contributed by atoms with Gasteiger partial charge in [0, 0.05) is 5.56 Å². The first-order valence-electron chi connectivity index (χ1n) is 3.85. The number of amides is 3. The number of rotatable bonds is 1. The molecule has 0 atom stereocenters. The monoisotopic (exact) mass is 273 g/mol. The molecule has 0 aromatic heterocycles. The van der Waals surface area contributed by atoms with E-state index in [0.717, 1.165) is 0 Å². The fourth-order valence-corrected chi connectivity index (χ4v) is 1.09. The Kier molecular flexibility index (Phi) is 3.51. The Labute approximate surface area is 93.6 Å². The van der Waals surface area contributed by atoms with E-state index >= 15 is 0 Å². The molecule has 3 amide bonds. The molecule has 0 radical (unpaired) electrons. The number of halogens is 1. The lowest BCUT2D eigenvalue weighted by atomic mass is 10.2. The summed E-state index contributed by atoms with van der Waals surface area (Å²) in [5.41, 5.74) is 8.93. The molecule has 0 saturated heterocycles. The molecule has 5 N–H and O–H groups in total. The molecular weight excluding hydrogens is 266 g/mol. The predicted octanol–water partition coefficient (Wildman–Crippen LogP) is 0.468. The van der Waals surface area contributed by atoms with Gasteiger partial charge in [-0.15, -0.1) is 0 Å². The highest BCUT2D eigenvalue weighted by molar-refractivity contribution is 9.10. The van der Waals surface area contributed by atoms with Crippen molar-refractivity contribution in [3.05, 3.63) is 28.2 Å². The second-order valence-corrected chi connectivity index (χ2v) is 3.46. The molecule has 0 saturated carbocycles. The average molecular weight is 274 g/mol. The molecule has 7 heteroatoms. The molecule has 0 aliphatic heterocycles. The molecule has 0 spiro atoms. The molecule has 1 aromatic carbocycles. The van der Waals surface area contributed by atoms with E-state index in [1.807, 2.05) is 5.43 Å². The standard InChI is InChI=1S/C8H8BrN3O3/c9-5-2-1-4(3-6(5)13)7(14)11-12-8(10)15/h1-3,13H,(H,11,14)(H3,10,12,15). The Bertz CT molecular complexity index is 408. The maximum Gasteiger partial charge on any atom is 0.330 e. The maximum absolute atomic E-state index is 11.3. The number of hydrogen-bond acceptors (Lipinski definition) is 3. The van der Waals surface area contributed by atoms with Crippen molar-refractivity contribution >= 4 is 27.9 Å². The van der Waals surface area contributed by atoms with Crippen molar-refractivity contribution in [1.82, 2.24) is 10.9 Å². The first-order chi connectivity index (χ1) is 7.00. The summed E-state index contributed by atoms with van der Waals surface area (Å²) in [4.78, 5) is 21.6. The van der Waals surface area contributed by atoms with Gasteiger partial charge in [-0.2, -0.15) is 0 Å². The number of urea groups is 1. The number of hydrogen-bond donors (Lipinski definition) is 4. The number of aromatic hydroxyl groups is 1. The van der Waals surface area contributed by atoms with Crippen LogP contribution in [0.1, 0.15) is 10.4 Å². The smallest absolute Gasteiger partial charge is 0.330 e. The Morgan fingerprint density at radius 2 is 2.00 bits per heavy atom. The van der Waals surface area contributed by atoms with Gasteiger partial charge < -0.3 is 10.8 Å². The minimum absolute atomic E-state index is 0.0678. The van der Waals surface area contributed by atoms with Crippen LogP contribution in [0.5, 0.6) is 5.75 Å². The van der Waals surface area contributed by atoms with E-state index in [0.29, 0.717) is 4.47 Å². The van der Waals surface area contributed by atoms with Crippen molar-refractivity contribution in [2.24, 2.45) is 5.73 Å². The van der Waals surface area contributed by atoms with Gasteiger partial charge in [-0.25, -0.2) is 10.2 Å². The topological polar surface area (TPSA) is 104 Å². The largest absolute Gasteiger partial charge is 0.507 e. The van der Waals surface area contributed by atoms with Gasteiger partial charge in [-0.3, -0.25) is 10.2 Å². The number of carbonyl (C=O) groups excluding carboxylic acids is 2. The Balaban J connectivity index is 2.74. The minimum Gasteiger partial charge on any atom is -0.507 e. The van der Waals surface area contributed by atoms with E-state index in [1.165, 1.54) is 18.2 Å². The maximum atomic E-state index is 11.3. The molecule has 0 bridgehead atoms. The van der Waals surface area contributed by atoms with Gasteiger partial charge in [0.1, 0.15) is 5.75 Å². The summed E-state index contributed by atoms with van der Waals surface area (Å²) < 4.78 is 0.474. The summed E-state index contributed by atoms with van der Waals surface area (Å²) in [6.07, 6.45) is 0. The molecule has 6 nitrogen and oxygen atoms in total. The highest BCUT2D eigenvalue weighted by Crippen LogP contribution is 2.23. The summed E-state index contributed by atoms with van der Waals surface area (Å²) in [6, 6.07) is 3.36. The Morgan fingerprint density at radius 1 is 1.33 bits per heavy atom. The Hall–Kier alpha value is -1.76. The number of nitrogens with one attached hydrogen (secondary N) is 2. The number of nitrogens with two attached hydrogens (primary N) is 1. The molecule has 15 heavy (non-hydrogen) atoms. The lowest BCUT2D eigenvalue weighted by Crippen LogP contribution is -2.44. The summed E-state index contributed by atoms with van der Waals surface area (Å²) in [7, 11) is 0. The van der Waals surface area contributed by atoms with Crippen LogP contribution in [0.2, 0.25) is 0 Å². The first-order valence-corrected chi connectivity index (χ1v) is 4.64. The van der Waals surface area contributed by atoms with Crippen molar-refractivity contribution in [1.29, 1.82) is 0 Å². The predicted molar refractivity (Wildman–Crippen MR) is 56.0 cm³/mol. The highest BCUT2D eigenvalue weighted by atomic mass is 79.9. The van der Waals surface area contributed by atoms with Gasteiger partial charge in [0.25, 0.3) is 5.91 Å². The number of primary amides is 1. The van der Waals surface area contributed by atoms with Crippen LogP contribution in [0.15, 0.2) is 22.7 Å². The summed E-state index contributed by atoms with van der Waals surface area (Å²) in [5, 5.41) is 9.29. The van der Waals surface area contributed by atoms with E-state index < -0.39 is 11.9 Å². The third kappa shape index (κ3) is 3.13.